The van der Waals surface area contributed by atoms with Crippen LogP contribution in [-0.4, -0.2) is 27.4 Å². The average molecular weight is 180 g/mol. The van der Waals surface area contributed by atoms with Gasteiger partial charge in [-0.15, -0.1) is 5.10 Å². The number of hydrogen-bond donors (Lipinski definition) is 1. The van der Waals surface area contributed by atoms with Gasteiger partial charge >= 0.3 is 0 Å². The molecule has 0 spiro atoms. The minimum Gasteiger partial charge on any atom is -0.351 e. The lowest BCUT2D eigenvalue weighted by atomic mass is 10.3. The van der Waals surface area contributed by atoms with Crippen molar-refractivity contribution in [2.45, 2.75) is 13.5 Å². The molecule has 1 amide bonds. The van der Waals surface area contributed by atoms with Crippen LogP contribution in [0, 0.1) is 0 Å². The standard InChI is InChI=1S/C8H12N4O/c1-7(2)5-9-8(13)6-12-4-3-10-11-12/h3-4H,1,5-6H2,2H3,(H,9,13). The number of rotatable bonds is 4. The summed E-state index contributed by atoms with van der Waals surface area (Å²) in [5.41, 5.74) is 0.923. The lowest BCUT2D eigenvalue weighted by Crippen LogP contribution is -2.28. The normalized spacial score (nSPS) is 9.62. The Kier molecular flexibility index (Phi) is 3.19. The zero-order valence-corrected chi connectivity index (χ0v) is 7.53. The molecule has 0 aliphatic carbocycles. The molecule has 0 saturated carbocycles. The Labute approximate surface area is 76.4 Å². The average Bonchev–Trinajstić information content (AvgIpc) is 2.53. The third kappa shape index (κ3) is 3.50. The van der Waals surface area contributed by atoms with Gasteiger partial charge in [-0.25, -0.2) is 4.68 Å². The number of nitrogens with zero attached hydrogens (tertiary/aromatic N) is 3. The number of hydrogen-bond acceptors (Lipinski definition) is 3. The van der Waals surface area contributed by atoms with Gasteiger partial charge in [0, 0.05) is 12.7 Å². The van der Waals surface area contributed by atoms with Crippen LogP contribution in [0.25, 0.3) is 0 Å². The van der Waals surface area contributed by atoms with E-state index in [-0.39, 0.29) is 12.5 Å². The summed E-state index contributed by atoms with van der Waals surface area (Å²) in [7, 11) is 0. The summed E-state index contributed by atoms with van der Waals surface area (Å²) in [6, 6.07) is 0. The first-order valence-corrected chi connectivity index (χ1v) is 3.93. The monoisotopic (exact) mass is 180 g/mol. The molecule has 5 nitrogen and oxygen atoms in total. The van der Waals surface area contributed by atoms with Gasteiger partial charge in [0.25, 0.3) is 0 Å². The maximum Gasteiger partial charge on any atom is 0.242 e. The second-order valence-corrected chi connectivity index (χ2v) is 2.83. The first kappa shape index (κ1) is 9.44. The smallest absolute Gasteiger partial charge is 0.242 e. The summed E-state index contributed by atoms with van der Waals surface area (Å²) >= 11 is 0. The summed E-state index contributed by atoms with van der Waals surface area (Å²) in [6.45, 7) is 6.24. The van der Waals surface area contributed by atoms with Crippen molar-refractivity contribution < 1.29 is 4.79 Å². The molecule has 0 unspecified atom stereocenters. The molecule has 1 aromatic rings. The molecule has 0 aromatic carbocycles. The van der Waals surface area contributed by atoms with Gasteiger partial charge in [0.05, 0.1) is 6.20 Å². The third-order valence-electron chi connectivity index (χ3n) is 1.36. The molecule has 0 radical (unpaired) electrons. The molecule has 0 fully saturated rings. The molecule has 1 aromatic heterocycles. The molecule has 0 saturated heterocycles. The van der Waals surface area contributed by atoms with Gasteiger partial charge in [-0.1, -0.05) is 17.4 Å². The van der Waals surface area contributed by atoms with E-state index in [0.717, 1.165) is 5.57 Å². The van der Waals surface area contributed by atoms with Gasteiger partial charge in [0.1, 0.15) is 6.54 Å². The first-order chi connectivity index (χ1) is 6.18. The van der Waals surface area contributed by atoms with Gasteiger partial charge < -0.3 is 5.32 Å². The minimum absolute atomic E-state index is 0.0894. The summed E-state index contributed by atoms with van der Waals surface area (Å²) in [6.07, 6.45) is 3.17. The fourth-order valence-corrected chi connectivity index (χ4v) is 0.770. The van der Waals surface area contributed by atoms with E-state index in [4.69, 9.17) is 0 Å². The van der Waals surface area contributed by atoms with E-state index < -0.39 is 0 Å². The van der Waals surface area contributed by atoms with Gasteiger partial charge in [-0.05, 0) is 6.92 Å². The lowest BCUT2D eigenvalue weighted by molar-refractivity contribution is -0.121. The Morgan fingerprint density at radius 1 is 1.69 bits per heavy atom. The Hall–Kier alpha value is -1.65. The minimum atomic E-state index is -0.0894. The van der Waals surface area contributed by atoms with Crippen molar-refractivity contribution in [3.05, 3.63) is 24.5 Å². The van der Waals surface area contributed by atoms with Crippen LogP contribution in [0.3, 0.4) is 0 Å². The Balaban J connectivity index is 2.30. The molecule has 0 aliphatic rings. The van der Waals surface area contributed by atoms with Crippen LogP contribution < -0.4 is 5.32 Å². The molecular weight excluding hydrogens is 168 g/mol. The zero-order chi connectivity index (χ0) is 9.68. The maximum absolute atomic E-state index is 11.2. The van der Waals surface area contributed by atoms with Crippen molar-refractivity contribution in [1.29, 1.82) is 0 Å². The van der Waals surface area contributed by atoms with Crippen LogP contribution in [0.5, 0.6) is 0 Å². The number of carbonyl (C=O) groups excluding carboxylic acids is 1. The summed E-state index contributed by atoms with van der Waals surface area (Å²) in [5, 5.41) is 9.95. The third-order valence-corrected chi connectivity index (χ3v) is 1.36. The molecule has 70 valence electrons. The molecule has 1 rings (SSSR count). The van der Waals surface area contributed by atoms with Crippen molar-refractivity contribution in [2.24, 2.45) is 0 Å². The quantitative estimate of drug-likeness (QED) is 0.662. The van der Waals surface area contributed by atoms with Crippen molar-refractivity contribution in [2.75, 3.05) is 6.54 Å². The van der Waals surface area contributed by atoms with E-state index in [9.17, 15) is 4.79 Å². The topological polar surface area (TPSA) is 59.8 Å². The predicted octanol–water partition coefficient (Wildman–Crippen LogP) is -0.0296. The van der Waals surface area contributed by atoms with E-state index >= 15 is 0 Å². The van der Waals surface area contributed by atoms with Crippen molar-refractivity contribution >= 4 is 5.91 Å². The lowest BCUT2D eigenvalue weighted by Gasteiger charge is -2.03. The SMILES string of the molecule is C=C(C)CNC(=O)Cn1ccnn1. The Bertz CT molecular complexity index is 291. The van der Waals surface area contributed by atoms with Gasteiger partial charge in [0.2, 0.25) is 5.91 Å². The van der Waals surface area contributed by atoms with E-state index in [2.05, 4.69) is 22.2 Å². The molecule has 1 N–H and O–H groups in total. The van der Waals surface area contributed by atoms with Crippen LogP contribution in [-0.2, 0) is 11.3 Å². The first-order valence-electron chi connectivity index (χ1n) is 3.93. The molecule has 13 heavy (non-hydrogen) atoms. The number of amides is 1. The Morgan fingerprint density at radius 2 is 2.46 bits per heavy atom. The largest absolute Gasteiger partial charge is 0.351 e. The highest BCUT2D eigenvalue weighted by atomic mass is 16.2. The van der Waals surface area contributed by atoms with E-state index in [1.165, 1.54) is 10.9 Å². The van der Waals surface area contributed by atoms with Crippen LogP contribution in [0.15, 0.2) is 24.5 Å². The molecule has 5 heteroatoms. The van der Waals surface area contributed by atoms with Crippen molar-refractivity contribution in [3.8, 4) is 0 Å². The maximum atomic E-state index is 11.2. The predicted molar refractivity (Wildman–Crippen MR) is 47.8 cm³/mol. The second-order valence-electron chi connectivity index (χ2n) is 2.83. The number of carbonyl (C=O) groups is 1. The summed E-state index contributed by atoms with van der Waals surface area (Å²) < 4.78 is 1.47. The molecule has 1 heterocycles. The van der Waals surface area contributed by atoms with Crippen molar-refractivity contribution in [3.63, 3.8) is 0 Å². The van der Waals surface area contributed by atoms with E-state index in [0.29, 0.717) is 6.54 Å². The van der Waals surface area contributed by atoms with E-state index in [1.807, 2.05) is 6.92 Å². The summed E-state index contributed by atoms with van der Waals surface area (Å²) in [4.78, 5) is 11.2. The number of aromatic nitrogens is 3. The molecule has 0 aliphatic heterocycles. The van der Waals surface area contributed by atoms with Gasteiger partial charge in [-0.2, -0.15) is 0 Å². The van der Waals surface area contributed by atoms with Crippen LogP contribution in [0.2, 0.25) is 0 Å². The summed E-state index contributed by atoms with van der Waals surface area (Å²) in [5.74, 6) is -0.0894. The van der Waals surface area contributed by atoms with Crippen LogP contribution >= 0.6 is 0 Å². The Morgan fingerprint density at radius 3 is 3.00 bits per heavy atom. The molecule has 0 atom stereocenters. The second kappa shape index (κ2) is 4.39. The van der Waals surface area contributed by atoms with Crippen LogP contribution in [0.4, 0.5) is 0 Å². The zero-order valence-electron chi connectivity index (χ0n) is 7.53. The fraction of sp³-hybridized carbons (Fsp3) is 0.375. The molecular formula is C8H12N4O. The van der Waals surface area contributed by atoms with Crippen molar-refractivity contribution in [1.82, 2.24) is 20.3 Å². The number of nitrogens with one attached hydrogen (secondary N) is 1. The van der Waals surface area contributed by atoms with Crippen LogP contribution in [0.1, 0.15) is 6.92 Å². The van der Waals surface area contributed by atoms with E-state index in [1.54, 1.807) is 6.20 Å². The highest BCUT2D eigenvalue weighted by molar-refractivity contribution is 5.75. The van der Waals surface area contributed by atoms with Gasteiger partial charge in [-0.3, -0.25) is 4.79 Å². The van der Waals surface area contributed by atoms with Gasteiger partial charge in [0.15, 0.2) is 0 Å². The molecule has 0 bridgehead atoms. The highest BCUT2D eigenvalue weighted by Crippen LogP contribution is 1.84. The highest BCUT2D eigenvalue weighted by Gasteiger charge is 2.01. The fourth-order valence-electron chi connectivity index (χ4n) is 0.770.